The minimum atomic E-state index is -0.282. The first-order chi connectivity index (χ1) is 9.54. The zero-order valence-corrected chi connectivity index (χ0v) is 11.6. The number of aliphatic hydroxyl groups is 1. The van der Waals surface area contributed by atoms with Crippen LogP contribution in [0.3, 0.4) is 0 Å². The first-order valence-corrected chi connectivity index (χ1v) is 6.81. The van der Waals surface area contributed by atoms with Crippen LogP contribution in [0.5, 0.6) is 0 Å². The van der Waals surface area contributed by atoms with Gasteiger partial charge in [-0.3, -0.25) is 4.79 Å². The second-order valence-corrected chi connectivity index (χ2v) is 5.42. The minimum Gasteiger partial charge on any atom is -0.396 e. The SMILES string of the molecule is CC(=O)c1cccc(NC(=O)NCC2(CCO)CC2)c1. The lowest BCUT2D eigenvalue weighted by Crippen LogP contribution is -2.34. The first kappa shape index (κ1) is 14.5. The van der Waals surface area contributed by atoms with Crippen molar-refractivity contribution < 1.29 is 14.7 Å². The van der Waals surface area contributed by atoms with Crippen LogP contribution in [-0.4, -0.2) is 30.1 Å². The highest BCUT2D eigenvalue weighted by molar-refractivity contribution is 5.96. The van der Waals surface area contributed by atoms with Gasteiger partial charge in [-0.05, 0) is 43.7 Å². The fraction of sp³-hybridized carbons (Fsp3) is 0.467. The summed E-state index contributed by atoms with van der Waals surface area (Å²) < 4.78 is 0. The maximum Gasteiger partial charge on any atom is 0.319 e. The number of anilines is 1. The third kappa shape index (κ3) is 3.81. The molecule has 2 rings (SSSR count). The quantitative estimate of drug-likeness (QED) is 0.697. The van der Waals surface area contributed by atoms with Crippen molar-refractivity contribution in [3.8, 4) is 0 Å². The number of nitrogens with one attached hydrogen (secondary N) is 2. The highest BCUT2D eigenvalue weighted by atomic mass is 16.3. The van der Waals surface area contributed by atoms with Crippen LogP contribution in [-0.2, 0) is 0 Å². The molecule has 0 saturated heterocycles. The highest BCUT2D eigenvalue weighted by Gasteiger charge is 2.41. The van der Waals surface area contributed by atoms with Gasteiger partial charge in [-0.15, -0.1) is 0 Å². The molecule has 5 heteroatoms. The van der Waals surface area contributed by atoms with E-state index in [1.54, 1.807) is 24.3 Å². The van der Waals surface area contributed by atoms with Crippen molar-refractivity contribution in [2.75, 3.05) is 18.5 Å². The molecule has 1 aliphatic carbocycles. The van der Waals surface area contributed by atoms with Crippen molar-refractivity contribution in [3.63, 3.8) is 0 Å². The summed E-state index contributed by atoms with van der Waals surface area (Å²) in [7, 11) is 0. The number of hydrogen-bond acceptors (Lipinski definition) is 3. The van der Waals surface area contributed by atoms with Crippen molar-refractivity contribution in [1.29, 1.82) is 0 Å². The smallest absolute Gasteiger partial charge is 0.319 e. The molecule has 1 aromatic rings. The number of carbonyl (C=O) groups is 2. The largest absolute Gasteiger partial charge is 0.396 e. The van der Waals surface area contributed by atoms with Gasteiger partial charge >= 0.3 is 6.03 Å². The molecule has 0 unspecified atom stereocenters. The number of ketones is 1. The maximum atomic E-state index is 11.8. The Bertz CT molecular complexity index is 510. The van der Waals surface area contributed by atoms with E-state index in [1.807, 2.05) is 0 Å². The van der Waals surface area contributed by atoms with E-state index in [9.17, 15) is 9.59 Å². The van der Waals surface area contributed by atoms with Gasteiger partial charge in [-0.1, -0.05) is 12.1 Å². The Labute approximate surface area is 118 Å². The van der Waals surface area contributed by atoms with E-state index >= 15 is 0 Å². The summed E-state index contributed by atoms with van der Waals surface area (Å²) in [6.07, 6.45) is 2.83. The molecule has 0 heterocycles. The number of amides is 2. The van der Waals surface area contributed by atoms with Crippen LogP contribution in [0.2, 0.25) is 0 Å². The molecule has 2 amide bonds. The first-order valence-electron chi connectivity index (χ1n) is 6.81. The molecule has 0 atom stereocenters. The Balaban J connectivity index is 1.85. The molecule has 0 bridgehead atoms. The molecule has 5 nitrogen and oxygen atoms in total. The molecule has 1 fully saturated rings. The number of benzene rings is 1. The van der Waals surface area contributed by atoms with Gasteiger partial charge in [0.2, 0.25) is 0 Å². The maximum absolute atomic E-state index is 11.8. The van der Waals surface area contributed by atoms with Crippen LogP contribution >= 0.6 is 0 Å². The summed E-state index contributed by atoms with van der Waals surface area (Å²) in [6, 6.07) is 6.57. The molecule has 1 aliphatic rings. The molecule has 0 aromatic heterocycles. The van der Waals surface area contributed by atoms with E-state index in [4.69, 9.17) is 5.11 Å². The van der Waals surface area contributed by atoms with Crippen LogP contribution in [0.4, 0.5) is 10.5 Å². The average Bonchev–Trinajstić information content (AvgIpc) is 3.17. The van der Waals surface area contributed by atoms with E-state index < -0.39 is 0 Å². The number of urea groups is 1. The third-order valence-corrected chi connectivity index (χ3v) is 3.75. The Morgan fingerprint density at radius 1 is 1.35 bits per heavy atom. The molecule has 0 radical (unpaired) electrons. The number of carbonyl (C=O) groups excluding carboxylic acids is 2. The summed E-state index contributed by atoms with van der Waals surface area (Å²) >= 11 is 0. The molecular formula is C15H20N2O3. The lowest BCUT2D eigenvalue weighted by atomic mass is 10.0. The molecule has 108 valence electrons. The molecule has 20 heavy (non-hydrogen) atoms. The summed E-state index contributed by atoms with van der Waals surface area (Å²) in [6.45, 7) is 2.22. The lowest BCUT2D eigenvalue weighted by Gasteiger charge is -2.15. The fourth-order valence-corrected chi connectivity index (χ4v) is 2.19. The Morgan fingerprint density at radius 2 is 2.10 bits per heavy atom. The van der Waals surface area contributed by atoms with E-state index in [0.29, 0.717) is 17.8 Å². The van der Waals surface area contributed by atoms with Crippen molar-refractivity contribution >= 4 is 17.5 Å². The number of hydrogen-bond donors (Lipinski definition) is 3. The molecule has 1 aromatic carbocycles. The Kier molecular flexibility index (Phi) is 4.39. The highest BCUT2D eigenvalue weighted by Crippen LogP contribution is 2.47. The van der Waals surface area contributed by atoms with Gasteiger partial charge in [-0.2, -0.15) is 0 Å². The van der Waals surface area contributed by atoms with Crippen LogP contribution in [0.25, 0.3) is 0 Å². The van der Waals surface area contributed by atoms with Crippen molar-refractivity contribution in [2.24, 2.45) is 5.41 Å². The lowest BCUT2D eigenvalue weighted by molar-refractivity contribution is 0.101. The topological polar surface area (TPSA) is 78.4 Å². The molecule has 0 spiro atoms. The number of aliphatic hydroxyl groups excluding tert-OH is 1. The van der Waals surface area contributed by atoms with Crippen molar-refractivity contribution in [3.05, 3.63) is 29.8 Å². The molecule has 3 N–H and O–H groups in total. The second kappa shape index (κ2) is 6.05. The fourth-order valence-electron chi connectivity index (χ4n) is 2.19. The van der Waals surface area contributed by atoms with E-state index in [1.165, 1.54) is 6.92 Å². The third-order valence-electron chi connectivity index (χ3n) is 3.75. The predicted molar refractivity (Wildman–Crippen MR) is 76.8 cm³/mol. The summed E-state index contributed by atoms with van der Waals surface area (Å²) in [4.78, 5) is 23.1. The van der Waals surface area contributed by atoms with Gasteiger partial charge < -0.3 is 15.7 Å². The van der Waals surface area contributed by atoms with Gasteiger partial charge in [0.25, 0.3) is 0 Å². The summed E-state index contributed by atoms with van der Waals surface area (Å²) in [5.74, 6) is -0.0334. The zero-order valence-electron chi connectivity index (χ0n) is 11.6. The van der Waals surface area contributed by atoms with Gasteiger partial charge in [-0.25, -0.2) is 4.79 Å². The Hall–Kier alpha value is -1.88. The van der Waals surface area contributed by atoms with Crippen LogP contribution in [0, 0.1) is 5.41 Å². The van der Waals surface area contributed by atoms with Gasteiger partial charge in [0.05, 0.1) is 0 Å². The van der Waals surface area contributed by atoms with Crippen molar-refractivity contribution in [1.82, 2.24) is 5.32 Å². The van der Waals surface area contributed by atoms with E-state index in [0.717, 1.165) is 19.3 Å². The van der Waals surface area contributed by atoms with Gasteiger partial charge in [0.15, 0.2) is 5.78 Å². The van der Waals surface area contributed by atoms with Gasteiger partial charge in [0.1, 0.15) is 0 Å². The second-order valence-electron chi connectivity index (χ2n) is 5.42. The minimum absolute atomic E-state index is 0.0334. The predicted octanol–water partition coefficient (Wildman–Crippen LogP) is 2.17. The average molecular weight is 276 g/mol. The number of rotatable bonds is 6. The van der Waals surface area contributed by atoms with Crippen LogP contribution in [0.1, 0.15) is 36.5 Å². The van der Waals surface area contributed by atoms with E-state index in [-0.39, 0.29) is 23.8 Å². The van der Waals surface area contributed by atoms with E-state index in [2.05, 4.69) is 10.6 Å². The number of Topliss-reactive ketones (excluding diaryl/α,β-unsaturated/α-hetero) is 1. The normalized spacial score (nSPS) is 15.5. The Morgan fingerprint density at radius 3 is 2.70 bits per heavy atom. The van der Waals surface area contributed by atoms with Crippen molar-refractivity contribution in [2.45, 2.75) is 26.2 Å². The molecule has 1 saturated carbocycles. The van der Waals surface area contributed by atoms with Crippen LogP contribution < -0.4 is 10.6 Å². The summed E-state index contributed by atoms with van der Waals surface area (Å²) in [5, 5.41) is 14.5. The van der Waals surface area contributed by atoms with Gasteiger partial charge in [0, 0.05) is 24.4 Å². The standard InChI is InChI=1S/C15H20N2O3/c1-11(19)12-3-2-4-13(9-12)17-14(20)16-10-15(5-6-15)7-8-18/h2-4,9,18H,5-8,10H2,1H3,(H2,16,17,20). The molecular weight excluding hydrogens is 256 g/mol. The van der Waals surface area contributed by atoms with Crippen LogP contribution in [0.15, 0.2) is 24.3 Å². The zero-order chi connectivity index (χ0) is 14.6. The summed E-state index contributed by atoms with van der Waals surface area (Å²) in [5.41, 5.74) is 1.26. The molecule has 0 aliphatic heterocycles. The monoisotopic (exact) mass is 276 g/mol.